The van der Waals surface area contributed by atoms with Gasteiger partial charge in [0, 0.05) is 37.6 Å². The van der Waals surface area contributed by atoms with Crippen LogP contribution in [-0.2, 0) is 0 Å². The fraction of sp³-hybridized carbons (Fsp3) is 0.421. The lowest BCUT2D eigenvalue weighted by atomic mass is 9.96. The number of rotatable bonds is 6. The second-order valence-electron chi connectivity index (χ2n) is 6.94. The summed E-state index contributed by atoms with van der Waals surface area (Å²) < 4.78 is 48.2. The van der Waals surface area contributed by atoms with Gasteiger partial charge in [-0.15, -0.1) is 0 Å². The molecule has 7 nitrogen and oxygen atoms in total. The molecule has 2 aromatic heterocycles. The summed E-state index contributed by atoms with van der Waals surface area (Å²) in [6, 6.07) is 4.87. The molecule has 12 heteroatoms. The molecule has 2 atom stereocenters. The van der Waals surface area contributed by atoms with E-state index < -0.39 is 11.3 Å². The van der Waals surface area contributed by atoms with Crippen molar-refractivity contribution in [3.63, 3.8) is 0 Å². The number of ether oxygens (including phenoxy) is 2. The maximum absolute atomic E-state index is 12.4. The number of piperidine rings is 1. The molecule has 0 spiro atoms. The van der Waals surface area contributed by atoms with E-state index in [0.29, 0.717) is 29.9 Å². The Balaban J connectivity index is 1.58. The zero-order chi connectivity index (χ0) is 22.6. The van der Waals surface area contributed by atoms with Gasteiger partial charge in [-0.1, -0.05) is 30.1 Å². The minimum Gasteiger partial charge on any atom is -0.481 e. The number of aromatic nitrogens is 2. The Morgan fingerprint density at radius 2 is 2.00 bits per heavy atom. The van der Waals surface area contributed by atoms with Crippen LogP contribution in [0.15, 0.2) is 35.7 Å². The smallest absolute Gasteiger partial charge is 0.446 e. The number of pyridine rings is 2. The number of alkyl halides is 3. The van der Waals surface area contributed by atoms with E-state index in [1.807, 2.05) is 0 Å². The maximum Gasteiger partial charge on any atom is 0.446 e. The summed E-state index contributed by atoms with van der Waals surface area (Å²) in [5, 5.41) is 2.12. The Hall–Kier alpha value is -2.46. The summed E-state index contributed by atoms with van der Waals surface area (Å²) in [6.45, 7) is 3.49. The van der Waals surface area contributed by atoms with Crippen molar-refractivity contribution in [1.29, 1.82) is 0 Å². The van der Waals surface area contributed by atoms with Crippen molar-refractivity contribution in [2.45, 2.75) is 25.6 Å². The number of hydrogen-bond donors (Lipinski definition) is 1. The number of nitrogens with zero attached hydrogens (tertiary/aromatic N) is 4. The fourth-order valence-corrected chi connectivity index (χ4v) is 3.39. The molecule has 0 saturated carbocycles. The molecule has 0 aliphatic carbocycles. The lowest BCUT2D eigenvalue weighted by molar-refractivity contribution is -0.0559. The second-order valence-corrected chi connectivity index (χ2v) is 7.71. The van der Waals surface area contributed by atoms with E-state index in [4.69, 9.17) is 32.7 Å². The van der Waals surface area contributed by atoms with Gasteiger partial charge in [-0.05, 0) is 6.07 Å². The first-order chi connectivity index (χ1) is 14.7. The highest BCUT2D eigenvalue weighted by atomic mass is 35.5. The Bertz CT molecular complexity index is 928. The van der Waals surface area contributed by atoms with E-state index in [-0.39, 0.29) is 17.7 Å². The van der Waals surface area contributed by atoms with Crippen LogP contribution in [0.3, 0.4) is 0 Å². The van der Waals surface area contributed by atoms with Crippen LogP contribution in [-0.4, -0.2) is 47.6 Å². The minimum atomic E-state index is -4.71. The summed E-state index contributed by atoms with van der Waals surface area (Å²) >= 11 is 11.4. The summed E-state index contributed by atoms with van der Waals surface area (Å²) in [4.78, 5) is 10.4. The van der Waals surface area contributed by atoms with Gasteiger partial charge in [-0.2, -0.15) is 18.3 Å². The van der Waals surface area contributed by atoms with E-state index >= 15 is 0 Å². The molecule has 1 saturated heterocycles. The number of methoxy groups -OCH3 is 1. The molecule has 2 aromatic rings. The van der Waals surface area contributed by atoms with Gasteiger partial charge in [-0.25, -0.2) is 9.97 Å². The van der Waals surface area contributed by atoms with E-state index in [1.165, 1.54) is 12.3 Å². The maximum atomic E-state index is 12.4. The van der Waals surface area contributed by atoms with E-state index in [2.05, 4.69) is 32.3 Å². The van der Waals surface area contributed by atoms with Crippen LogP contribution in [0, 0.1) is 5.92 Å². The molecule has 1 N–H and O–H groups in total. The normalized spacial score (nSPS) is 19.8. The van der Waals surface area contributed by atoms with E-state index in [0.717, 1.165) is 12.1 Å². The predicted molar refractivity (Wildman–Crippen MR) is 113 cm³/mol. The Labute approximate surface area is 187 Å². The van der Waals surface area contributed by atoms with Gasteiger partial charge in [0.25, 0.3) is 0 Å². The zero-order valence-corrected chi connectivity index (χ0v) is 18.2. The quantitative estimate of drug-likeness (QED) is 0.468. The number of anilines is 2. The van der Waals surface area contributed by atoms with Crippen LogP contribution in [0.1, 0.15) is 13.3 Å². The van der Waals surface area contributed by atoms with E-state index in [9.17, 15) is 13.2 Å². The molecule has 1 fully saturated rings. The lowest BCUT2D eigenvalue weighted by Crippen LogP contribution is -2.44. The van der Waals surface area contributed by atoms with Crippen molar-refractivity contribution in [3.8, 4) is 11.8 Å². The standard InChI is InChI=1S/C19H20Cl2F3N5O2/c1-11-10-29(14-7-17(30-2)26-9-13(14)20)6-5-15(11)31-16-4-3-12(8-25-16)27-28-18(21)19(22,23)24/h3-4,7-9,11,15,27H,5-6,10H2,1-2H3. The third-order valence-electron chi connectivity index (χ3n) is 4.71. The third-order valence-corrected chi connectivity index (χ3v) is 5.30. The van der Waals surface area contributed by atoms with Crippen molar-refractivity contribution < 1.29 is 22.6 Å². The molecular formula is C19H20Cl2F3N5O2. The topological polar surface area (TPSA) is 71.9 Å². The first-order valence-electron chi connectivity index (χ1n) is 9.31. The van der Waals surface area contributed by atoms with Crippen LogP contribution in [0.25, 0.3) is 0 Å². The number of hydrogen-bond acceptors (Lipinski definition) is 7. The molecule has 0 amide bonds. The minimum absolute atomic E-state index is 0.0808. The first kappa shape index (κ1) is 23.2. The van der Waals surface area contributed by atoms with Crippen molar-refractivity contribution in [3.05, 3.63) is 35.6 Å². The van der Waals surface area contributed by atoms with Crippen molar-refractivity contribution in [1.82, 2.24) is 9.97 Å². The molecule has 3 rings (SSSR count). The van der Waals surface area contributed by atoms with Crippen LogP contribution in [0.5, 0.6) is 11.8 Å². The molecule has 168 valence electrons. The summed E-state index contributed by atoms with van der Waals surface area (Å²) in [7, 11) is 1.55. The average Bonchev–Trinajstić information content (AvgIpc) is 2.74. The van der Waals surface area contributed by atoms with Gasteiger partial charge < -0.3 is 14.4 Å². The molecule has 0 aromatic carbocycles. The van der Waals surface area contributed by atoms with Crippen LogP contribution in [0.2, 0.25) is 5.02 Å². The summed E-state index contributed by atoms with van der Waals surface area (Å²) in [5.74, 6) is 1.02. The Morgan fingerprint density at radius 1 is 1.26 bits per heavy atom. The molecule has 31 heavy (non-hydrogen) atoms. The van der Waals surface area contributed by atoms with Crippen molar-refractivity contribution in [2.75, 3.05) is 30.5 Å². The summed E-state index contributed by atoms with van der Waals surface area (Å²) in [5.41, 5.74) is 3.31. The highest BCUT2D eigenvalue weighted by molar-refractivity contribution is 6.66. The zero-order valence-electron chi connectivity index (χ0n) is 16.7. The Kier molecular flexibility index (Phi) is 7.32. The highest BCUT2D eigenvalue weighted by Crippen LogP contribution is 2.32. The number of nitrogens with one attached hydrogen (secondary N) is 1. The number of hydrazone groups is 1. The molecular weight excluding hydrogens is 458 g/mol. The molecule has 0 radical (unpaired) electrons. The SMILES string of the molecule is COc1cc(N2CCC(Oc3ccc(NN=C(Cl)C(F)(F)F)cn3)C(C)C2)c(Cl)cn1. The van der Waals surface area contributed by atoms with Gasteiger partial charge >= 0.3 is 6.18 Å². The van der Waals surface area contributed by atoms with Gasteiger partial charge in [0.15, 0.2) is 0 Å². The van der Waals surface area contributed by atoms with Crippen molar-refractivity contribution >= 4 is 39.7 Å². The van der Waals surface area contributed by atoms with E-state index in [1.54, 1.807) is 25.4 Å². The highest BCUT2D eigenvalue weighted by Gasteiger charge is 2.34. The van der Waals surface area contributed by atoms with Gasteiger partial charge in [-0.3, -0.25) is 5.43 Å². The van der Waals surface area contributed by atoms with Gasteiger partial charge in [0.1, 0.15) is 6.10 Å². The number of halogens is 5. The molecule has 1 aliphatic heterocycles. The molecule has 0 bridgehead atoms. The Morgan fingerprint density at radius 3 is 2.61 bits per heavy atom. The van der Waals surface area contributed by atoms with Gasteiger partial charge in [0.05, 0.1) is 35.9 Å². The lowest BCUT2D eigenvalue weighted by Gasteiger charge is -2.38. The average molecular weight is 478 g/mol. The van der Waals surface area contributed by atoms with Gasteiger partial charge in [0.2, 0.25) is 16.9 Å². The molecule has 1 aliphatic rings. The largest absolute Gasteiger partial charge is 0.481 e. The van der Waals surface area contributed by atoms with Crippen LogP contribution in [0.4, 0.5) is 24.5 Å². The fourth-order valence-electron chi connectivity index (χ4n) is 3.13. The van der Waals surface area contributed by atoms with Crippen LogP contribution < -0.4 is 19.8 Å². The molecule has 2 unspecified atom stereocenters. The van der Waals surface area contributed by atoms with Crippen LogP contribution >= 0.6 is 23.2 Å². The first-order valence-corrected chi connectivity index (χ1v) is 10.1. The van der Waals surface area contributed by atoms with Crippen molar-refractivity contribution in [2.24, 2.45) is 11.0 Å². The third kappa shape index (κ3) is 6.04. The molecule has 3 heterocycles. The summed E-state index contributed by atoms with van der Waals surface area (Å²) in [6.07, 6.45) is -1.17. The predicted octanol–water partition coefficient (Wildman–Crippen LogP) is 4.96. The monoisotopic (exact) mass is 477 g/mol. The second kappa shape index (κ2) is 9.78.